The predicted octanol–water partition coefficient (Wildman–Crippen LogP) is 0.953. The molecule has 9 heteroatoms. The van der Waals surface area contributed by atoms with Crippen molar-refractivity contribution < 1.29 is 17.6 Å². The van der Waals surface area contributed by atoms with E-state index in [9.17, 15) is 17.6 Å². The number of halogens is 4. The molecule has 5 nitrogen and oxygen atoms in total. The van der Waals surface area contributed by atoms with Crippen LogP contribution in [0.5, 0.6) is 0 Å². The summed E-state index contributed by atoms with van der Waals surface area (Å²) >= 11 is 0. The van der Waals surface area contributed by atoms with Crippen LogP contribution in [-0.4, -0.2) is 28.9 Å². The molecular formula is C7H9F4N5. The minimum absolute atomic E-state index is 0.0460. The number of rotatable bonds is 4. The topological polar surface area (TPSA) is 89.8 Å². The Morgan fingerprint density at radius 3 is 2.44 bits per heavy atom. The van der Waals surface area contributed by atoms with Crippen molar-refractivity contribution >= 4 is 17.6 Å². The lowest BCUT2D eigenvalue weighted by Gasteiger charge is -2.16. The third-order valence-electron chi connectivity index (χ3n) is 1.59. The van der Waals surface area contributed by atoms with Crippen LogP contribution in [0.4, 0.5) is 35.1 Å². The molecule has 0 saturated heterocycles. The maximum Gasteiger partial charge on any atom is 0.324 e. The zero-order valence-corrected chi connectivity index (χ0v) is 7.92. The molecular weight excluding hydrogens is 230 g/mol. The van der Waals surface area contributed by atoms with Gasteiger partial charge < -0.3 is 16.8 Å². The van der Waals surface area contributed by atoms with Gasteiger partial charge in [0.2, 0.25) is 5.95 Å². The van der Waals surface area contributed by atoms with E-state index in [1.54, 1.807) is 0 Å². The SMILES string of the molecule is Nc1cc(NCC(F)(F)C(F)F)nc(N)n1. The molecule has 0 aromatic carbocycles. The monoisotopic (exact) mass is 239 g/mol. The highest BCUT2D eigenvalue weighted by Gasteiger charge is 2.40. The van der Waals surface area contributed by atoms with Crippen LogP contribution >= 0.6 is 0 Å². The number of anilines is 3. The van der Waals surface area contributed by atoms with Crippen LogP contribution in [0.25, 0.3) is 0 Å². The number of hydrogen-bond donors (Lipinski definition) is 3. The zero-order chi connectivity index (χ0) is 12.3. The molecule has 0 aliphatic heterocycles. The normalized spacial score (nSPS) is 11.8. The van der Waals surface area contributed by atoms with E-state index in [2.05, 4.69) is 9.97 Å². The van der Waals surface area contributed by atoms with Gasteiger partial charge in [-0.05, 0) is 0 Å². The molecule has 1 aromatic heterocycles. The van der Waals surface area contributed by atoms with Crippen LogP contribution in [-0.2, 0) is 0 Å². The number of nitrogens with zero attached hydrogens (tertiary/aromatic N) is 2. The highest BCUT2D eigenvalue weighted by molar-refractivity contribution is 5.48. The smallest absolute Gasteiger partial charge is 0.324 e. The summed E-state index contributed by atoms with van der Waals surface area (Å²) in [7, 11) is 0. The first kappa shape index (κ1) is 12.3. The van der Waals surface area contributed by atoms with E-state index in [4.69, 9.17) is 11.5 Å². The average molecular weight is 239 g/mol. The van der Waals surface area contributed by atoms with E-state index in [1.165, 1.54) is 0 Å². The number of nitrogen functional groups attached to an aromatic ring is 2. The van der Waals surface area contributed by atoms with Gasteiger partial charge in [0.15, 0.2) is 0 Å². The van der Waals surface area contributed by atoms with Crippen LogP contribution in [0.1, 0.15) is 0 Å². The maximum atomic E-state index is 12.5. The fourth-order valence-electron chi connectivity index (χ4n) is 0.861. The standard InChI is InChI=1S/C7H9F4N5/c8-5(9)7(10,11)2-14-4-1-3(12)15-6(13)16-4/h1,5H,2H2,(H5,12,13,14,15,16). The number of hydrogen-bond acceptors (Lipinski definition) is 5. The molecule has 1 rings (SSSR count). The summed E-state index contributed by atoms with van der Waals surface area (Å²) in [5, 5.41) is 2.01. The van der Waals surface area contributed by atoms with Gasteiger partial charge in [0.05, 0.1) is 6.54 Å². The summed E-state index contributed by atoms with van der Waals surface area (Å²) < 4.78 is 48.6. The molecule has 0 bridgehead atoms. The second-order valence-electron chi connectivity index (χ2n) is 2.95. The Hall–Kier alpha value is -1.80. The second kappa shape index (κ2) is 4.37. The van der Waals surface area contributed by atoms with Gasteiger partial charge in [0.1, 0.15) is 11.6 Å². The van der Waals surface area contributed by atoms with Crippen molar-refractivity contribution in [3.63, 3.8) is 0 Å². The molecule has 0 amide bonds. The van der Waals surface area contributed by atoms with Crippen LogP contribution in [0.15, 0.2) is 6.07 Å². The Morgan fingerprint density at radius 1 is 1.31 bits per heavy atom. The van der Waals surface area contributed by atoms with Crippen LogP contribution < -0.4 is 16.8 Å². The van der Waals surface area contributed by atoms with Gasteiger partial charge in [0.25, 0.3) is 0 Å². The summed E-state index contributed by atoms with van der Waals surface area (Å²) in [5.41, 5.74) is 10.4. The first-order chi connectivity index (χ1) is 7.31. The van der Waals surface area contributed by atoms with Gasteiger partial charge in [-0.15, -0.1) is 0 Å². The molecule has 0 radical (unpaired) electrons. The Bertz CT molecular complexity index is 350. The number of nitrogens with two attached hydrogens (primary N) is 2. The van der Waals surface area contributed by atoms with Crippen LogP contribution in [0, 0.1) is 0 Å². The molecule has 1 aromatic rings. The lowest BCUT2D eigenvalue weighted by molar-refractivity contribution is -0.117. The summed E-state index contributed by atoms with van der Waals surface area (Å²) in [6, 6.07) is 1.11. The van der Waals surface area contributed by atoms with E-state index in [-0.39, 0.29) is 17.6 Å². The summed E-state index contributed by atoms with van der Waals surface area (Å²) in [5.74, 6) is -4.56. The first-order valence-electron chi connectivity index (χ1n) is 4.11. The van der Waals surface area contributed by atoms with Crippen molar-refractivity contribution in [1.82, 2.24) is 9.97 Å². The molecule has 0 unspecified atom stereocenters. The molecule has 0 fully saturated rings. The Labute approximate surface area is 87.9 Å². The highest BCUT2D eigenvalue weighted by atomic mass is 19.3. The van der Waals surface area contributed by atoms with Crippen LogP contribution in [0.3, 0.4) is 0 Å². The maximum absolute atomic E-state index is 12.5. The van der Waals surface area contributed by atoms with E-state index in [0.717, 1.165) is 6.07 Å². The molecule has 0 aliphatic carbocycles. The molecule has 0 spiro atoms. The Balaban J connectivity index is 2.68. The highest BCUT2D eigenvalue weighted by Crippen LogP contribution is 2.23. The number of nitrogens with one attached hydrogen (secondary N) is 1. The summed E-state index contributed by atoms with van der Waals surface area (Å²) in [4.78, 5) is 6.98. The fourth-order valence-corrected chi connectivity index (χ4v) is 0.861. The molecule has 90 valence electrons. The molecule has 0 aliphatic rings. The van der Waals surface area contributed by atoms with Gasteiger partial charge in [-0.3, -0.25) is 0 Å². The first-order valence-corrected chi connectivity index (χ1v) is 4.11. The summed E-state index contributed by atoms with van der Waals surface area (Å²) in [6.45, 7) is -1.26. The minimum Gasteiger partial charge on any atom is -0.383 e. The van der Waals surface area contributed by atoms with Crippen molar-refractivity contribution in [2.75, 3.05) is 23.3 Å². The number of alkyl halides is 4. The largest absolute Gasteiger partial charge is 0.383 e. The minimum atomic E-state index is -4.14. The van der Waals surface area contributed by atoms with E-state index in [0.29, 0.717) is 0 Å². The molecule has 1 heterocycles. The van der Waals surface area contributed by atoms with Gasteiger partial charge in [-0.25, -0.2) is 8.78 Å². The molecule has 16 heavy (non-hydrogen) atoms. The lowest BCUT2D eigenvalue weighted by atomic mass is 10.3. The van der Waals surface area contributed by atoms with Crippen molar-refractivity contribution in [2.45, 2.75) is 12.3 Å². The Kier molecular flexibility index (Phi) is 3.35. The Morgan fingerprint density at radius 2 is 1.94 bits per heavy atom. The second-order valence-corrected chi connectivity index (χ2v) is 2.95. The van der Waals surface area contributed by atoms with Crippen LogP contribution in [0.2, 0.25) is 0 Å². The van der Waals surface area contributed by atoms with Crippen molar-refractivity contribution in [1.29, 1.82) is 0 Å². The van der Waals surface area contributed by atoms with E-state index < -0.39 is 18.9 Å². The van der Waals surface area contributed by atoms with E-state index in [1.807, 2.05) is 5.32 Å². The third kappa shape index (κ3) is 3.11. The zero-order valence-electron chi connectivity index (χ0n) is 7.92. The number of aromatic nitrogens is 2. The van der Waals surface area contributed by atoms with Gasteiger partial charge in [-0.1, -0.05) is 0 Å². The van der Waals surface area contributed by atoms with Crippen molar-refractivity contribution in [2.24, 2.45) is 0 Å². The molecule has 0 saturated carbocycles. The van der Waals surface area contributed by atoms with Gasteiger partial charge >= 0.3 is 12.3 Å². The lowest BCUT2D eigenvalue weighted by Crippen LogP contribution is -2.35. The van der Waals surface area contributed by atoms with E-state index >= 15 is 0 Å². The van der Waals surface area contributed by atoms with Gasteiger partial charge in [0, 0.05) is 6.07 Å². The molecule has 5 N–H and O–H groups in total. The summed E-state index contributed by atoms with van der Waals surface area (Å²) in [6.07, 6.45) is -3.75. The quantitative estimate of drug-likeness (QED) is 0.680. The average Bonchev–Trinajstić information content (AvgIpc) is 2.13. The predicted molar refractivity (Wildman–Crippen MR) is 50.3 cm³/mol. The third-order valence-corrected chi connectivity index (χ3v) is 1.59. The van der Waals surface area contributed by atoms with Crippen molar-refractivity contribution in [3.8, 4) is 0 Å². The molecule has 0 atom stereocenters. The van der Waals surface area contributed by atoms with Gasteiger partial charge in [-0.2, -0.15) is 18.7 Å². The van der Waals surface area contributed by atoms with Crippen molar-refractivity contribution in [3.05, 3.63) is 6.07 Å². The fraction of sp³-hybridized carbons (Fsp3) is 0.429.